The lowest BCUT2D eigenvalue weighted by Crippen LogP contribution is -2.38. The molecule has 1 aliphatic heterocycles. The molecule has 0 spiro atoms. The van der Waals surface area contributed by atoms with E-state index in [-0.39, 0.29) is 23.5 Å². The van der Waals surface area contributed by atoms with Crippen molar-refractivity contribution >= 4 is 38.8 Å². The third-order valence-corrected chi connectivity index (χ3v) is 7.24. The van der Waals surface area contributed by atoms with E-state index >= 15 is 0 Å². The van der Waals surface area contributed by atoms with E-state index in [4.69, 9.17) is 14.5 Å². The minimum atomic E-state index is -0.428. The molecule has 5 rings (SSSR count). The van der Waals surface area contributed by atoms with Crippen molar-refractivity contribution in [1.29, 1.82) is 0 Å². The van der Waals surface area contributed by atoms with Gasteiger partial charge in [0, 0.05) is 12.1 Å². The number of nitrogens with zero attached hydrogens (tertiary/aromatic N) is 1. The molecule has 6 nitrogen and oxygen atoms in total. The second-order valence-corrected chi connectivity index (χ2v) is 9.47. The van der Waals surface area contributed by atoms with Crippen LogP contribution in [-0.2, 0) is 4.79 Å². The number of Topliss-reactive ketones (excluding diaryl/α,β-unsaturated/α-hetero) is 1. The number of aromatic hydroxyl groups is 1. The molecule has 0 amide bonds. The van der Waals surface area contributed by atoms with E-state index in [1.54, 1.807) is 13.2 Å². The number of hydrogen-bond donors (Lipinski definition) is 2. The van der Waals surface area contributed by atoms with Gasteiger partial charge in [0.15, 0.2) is 11.5 Å². The van der Waals surface area contributed by atoms with Crippen LogP contribution in [0.5, 0.6) is 17.2 Å². The summed E-state index contributed by atoms with van der Waals surface area (Å²) in [7, 11) is 3.16. The number of phenolic OH excluding ortho intramolecular Hbond substituents is 1. The Balaban J connectivity index is 1.58. The third kappa shape index (κ3) is 4.05. The van der Waals surface area contributed by atoms with Gasteiger partial charge in [-0.05, 0) is 75.8 Å². The van der Waals surface area contributed by atoms with E-state index in [0.29, 0.717) is 23.1 Å². The Hall–Kier alpha value is -3.32. The first-order chi connectivity index (χ1) is 16.5. The van der Waals surface area contributed by atoms with Crippen LogP contribution in [0.1, 0.15) is 35.9 Å². The van der Waals surface area contributed by atoms with Crippen molar-refractivity contribution in [2.75, 3.05) is 19.5 Å². The Morgan fingerprint density at radius 3 is 2.50 bits per heavy atom. The minimum absolute atomic E-state index is 0.0312. The summed E-state index contributed by atoms with van der Waals surface area (Å²) >= 11 is 3.43. The fraction of sp³-hybridized carbons (Fsp3) is 0.259. The lowest BCUT2D eigenvalue weighted by Gasteiger charge is -2.34. The van der Waals surface area contributed by atoms with Gasteiger partial charge in [0.05, 0.1) is 42.0 Å². The molecule has 0 aromatic heterocycles. The number of carbonyl (C=O) groups is 1. The maximum atomic E-state index is 13.7. The molecule has 0 saturated heterocycles. The highest BCUT2D eigenvalue weighted by atomic mass is 79.9. The second kappa shape index (κ2) is 9.14. The highest BCUT2D eigenvalue weighted by molar-refractivity contribution is 9.10. The molecule has 2 N–H and O–H groups in total. The van der Waals surface area contributed by atoms with Crippen LogP contribution < -0.4 is 14.8 Å². The Morgan fingerprint density at radius 1 is 1.00 bits per heavy atom. The molecule has 3 aromatic rings. The van der Waals surface area contributed by atoms with Gasteiger partial charge in [0.25, 0.3) is 0 Å². The maximum absolute atomic E-state index is 13.7. The summed E-state index contributed by atoms with van der Waals surface area (Å²) in [6.45, 7) is 0. The molecule has 7 heteroatoms. The topological polar surface area (TPSA) is 80.2 Å². The molecule has 1 fully saturated rings. The predicted molar refractivity (Wildman–Crippen MR) is 136 cm³/mol. The number of anilines is 1. The molecule has 3 unspecified atom stereocenters. The van der Waals surface area contributed by atoms with Crippen molar-refractivity contribution in [3.8, 4) is 17.2 Å². The number of phenols is 1. The van der Waals surface area contributed by atoms with Gasteiger partial charge in [-0.1, -0.05) is 24.3 Å². The number of methoxy groups -OCH3 is 2. The molecular weight excluding hydrogens is 496 g/mol. The summed E-state index contributed by atoms with van der Waals surface area (Å²) in [6.07, 6.45) is 1.12. The Morgan fingerprint density at radius 2 is 1.76 bits per heavy atom. The van der Waals surface area contributed by atoms with Crippen molar-refractivity contribution in [1.82, 2.24) is 0 Å². The van der Waals surface area contributed by atoms with Gasteiger partial charge in [-0.15, -0.1) is 0 Å². The van der Waals surface area contributed by atoms with Gasteiger partial charge < -0.3 is 19.9 Å². The van der Waals surface area contributed by atoms with E-state index in [2.05, 4.69) is 21.2 Å². The van der Waals surface area contributed by atoms with Gasteiger partial charge in [-0.25, -0.2) is 0 Å². The number of carbonyl (C=O) groups excluding carboxylic acids is 1. The summed E-state index contributed by atoms with van der Waals surface area (Å²) in [5.41, 5.74) is 4.49. The first kappa shape index (κ1) is 22.5. The normalized spacial score (nSPS) is 21.4. The van der Waals surface area contributed by atoms with Gasteiger partial charge in [-0.2, -0.15) is 0 Å². The van der Waals surface area contributed by atoms with Crippen LogP contribution in [0.25, 0.3) is 0 Å². The number of benzene rings is 3. The Labute approximate surface area is 206 Å². The molecule has 34 heavy (non-hydrogen) atoms. The first-order valence-corrected chi connectivity index (χ1v) is 11.9. The quantitative estimate of drug-likeness (QED) is 0.429. The number of ether oxygens (including phenoxy) is 2. The summed E-state index contributed by atoms with van der Waals surface area (Å²) < 4.78 is 11.2. The van der Waals surface area contributed by atoms with E-state index in [1.807, 2.05) is 54.6 Å². The molecule has 3 atom stereocenters. The molecule has 0 radical (unpaired) electrons. The second-order valence-electron chi connectivity index (χ2n) is 8.62. The van der Waals surface area contributed by atoms with Crippen molar-refractivity contribution in [3.63, 3.8) is 0 Å². The molecule has 3 aromatic carbocycles. The van der Waals surface area contributed by atoms with Crippen LogP contribution in [0.3, 0.4) is 0 Å². The van der Waals surface area contributed by atoms with Gasteiger partial charge in [-0.3, -0.25) is 9.79 Å². The first-order valence-electron chi connectivity index (χ1n) is 11.1. The van der Waals surface area contributed by atoms with E-state index < -0.39 is 5.92 Å². The molecule has 1 saturated carbocycles. The highest BCUT2D eigenvalue weighted by Gasteiger charge is 2.42. The lowest BCUT2D eigenvalue weighted by atomic mass is 9.72. The van der Waals surface area contributed by atoms with Crippen molar-refractivity contribution < 1.29 is 19.4 Å². The predicted octanol–water partition coefficient (Wildman–Crippen LogP) is 6.17. The zero-order valence-electron chi connectivity index (χ0n) is 18.9. The standard InChI is InChI=1S/C27H25BrN2O4/c1-33-18-9-7-15(8-10-18)16-12-22-25(23(31)13-16)26(30-21-6-4-3-5-20(21)29-22)17-11-19(28)27(32)24(14-17)34-2/h3-11,14,16,25-26,30,32H,12-13H2,1-2H3. The summed E-state index contributed by atoms with van der Waals surface area (Å²) in [6, 6.07) is 19.0. The number of halogens is 1. The fourth-order valence-corrected chi connectivity index (χ4v) is 5.38. The van der Waals surface area contributed by atoms with Crippen LogP contribution in [0.2, 0.25) is 0 Å². The number of aliphatic imine (C=N–C) groups is 1. The van der Waals surface area contributed by atoms with Crippen LogP contribution in [-0.4, -0.2) is 30.8 Å². The Bertz CT molecular complexity index is 1270. The number of ketones is 1. The van der Waals surface area contributed by atoms with Crippen LogP contribution in [0.4, 0.5) is 11.4 Å². The summed E-state index contributed by atoms with van der Waals surface area (Å²) in [4.78, 5) is 18.7. The zero-order valence-corrected chi connectivity index (χ0v) is 20.5. The maximum Gasteiger partial charge on any atom is 0.172 e. The fourth-order valence-electron chi connectivity index (χ4n) is 4.92. The largest absolute Gasteiger partial charge is 0.503 e. The third-order valence-electron chi connectivity index (χ3n) is 6.64. The molecule has 2 aliphatic rings. The van der Waals surface area contributed by atoms with Gasteiger partial charge in [0.1, 0.15) is 11.5 Å². The smallest absolute Gasteiger partial charge is 0.172 e. The van der Waals surface area contributed by atoms with Crippen LogP contribution in [0.15, 0.2) is 70.1 Å². The Kier molecular flexibility index (Phi) is 6.04. The zero-order chi connectivity index (χ0) is 23.8. The number of rotatable bonds is 4. The molecular formula is C27H25BrN2O4. The van der Waals surface area contributed by atoms with Crippen molar-refractivity contribution in [3.05, 3.63) is 76.3 Å². The van der Waals surface area contributed by atoms with Gasteiger partial charge >= 0.3 is 0 Å². The average molecular weight is 521 g/mol. The van der Waals surface area contributed by atoms with Gasteiger partial charge in [0.2, 0.25) is 0 Å². The summed E-state index contributed by atoms with van der Waals surface area (Å²) in [5.74, 6) is 0.939. The number of nitrogens with one attached hydrogen (secondary N) is 1. The van der Waals surface area contributed by atoms with E-state index in [1.165, 1.54) is 7.11 Å². The monoisotopic (exact) mass is 520 g/mol. The molecule has 1 heterocycles. The SMILES string of the molecule is COc1ccc(C2CC(=O)C3C(=Nc4ccccc4NC3c3cc(Br)c(O)c(OC)c3)C2)cc1. The number of hydrogen-bond acceptors (Lipinski definition) is 6. The summed E-state index contributed by atoms with van der Waals surface area (Å²) in [5, 5.41) is 13.9. The van der Waals surface area contributed by atoms with Crippen molar-refractivity contribution in [2.24, 2.45) is 10.9 Å². The highest BCUT2D eigenvalue weighted by Crippen LogP contribution is 2.46. The van der Waals surface area contributed by atoms with Crippen LogP contribution in [0, 0.1) is 5.92 Å². The molecule has 1 aliphatic carbocycles. The minimum Gasteiger partial charge on any atom is -0.503 e. The average Bonchev–Trinajstić information content (AvgIpc) is 3.02. The molecule has 174 valence electrons. The van der Waals surface area contributed by atoms with Crippen LogP contribution >= 0.6 is 15.9 Å². The number of para-hydroxylation sites is 2. The van der Waals surface area contributed by atoms with E-state index in [0.717, 1.165) is 34.0 Å². The number of fused-ring (bicyclic) bond motifs is 2. The van der Waals surface area contributed by atoms with E-state index in [9.17, 15) is 9.90 Å². The molecule has 0 bridgehead atoms. The van der Waals surface area contributed by atoms with Crippen molar-refractivity contribution in [2.45, 2.75) is 24.8 Å². The lowest BCUT2D eigenvalue weighted by molar-refractivity contribution is -0.122.